The third-order valence-electron chi connectivity index (χ3n) is 0.476. The lowest BCUT2D eigenvalue weighted by Crippen LogP contribution is -2.28. The van der Waals surface area contributed by atoms with Crippen molar-refractivity contribution in [2.24, 2.45) is 0 Å². The molecule has 0 atom stereocenters. The van der Waals surface area contributed by atoms with Crippen molar-refractivity contribution in [3.05, 3.63) is 0 Å². The number of hydrogen-bond acceptors (Lipinski definition) is 7. The van der Waals surface area contributed by atoms with Crippen LogP contribution in [-0.4, -0.2) is 45.0 Å². The third-order valence-corrected chi connectivity index (χ3v) is 0.476. The first kappa shape index (κ1) is 9.72. The quantitative estimate of drug-likeness (QED) is 0.272. The molecule has 0 bridgehead atoms. The zero-order valence-corrected chi connectivity index (χ0v) is 4.78. The van der Waals surface area contributed by atoms with Crippen molar-refractivity contribution in [2.45, 2.75) is 19.4 Å². The van der Waals surface area contributed by atoms with Gasteiger partial charge in [-0.2, -0.15) is 0 Å². The average molecular weight is 156 g/mol. The Bertz CT molecular complexity index is 70.9. The summed E-state index contributed by atoms with van der Waals surface area (Å²) in [6.45, 7) is -6.54. The van der Waals surface area contributed by atoms with Gasteiger partial charge in [0.05, 0.1) is 0 Å². The molecule has 0 saturated heterocycles. The van der Waals surface area contributed by atoms with Gasteiger partial charge in [0.25, 0.3) is 19.4 Å². The van der Waals surface area contributed by atoms with E-state index in [1.165, 1.54) is 0 Å². The SMILES string of the molecule is OC(O)OC(O)OC(O)O. The molecular weight excluding hydrogens is 148 g/mol. The Balaban J connectivity index is 3.34. The number of aliphatic hydroxyl groups is 5. The van der Waals surface area contributed by atoms with Crippen LogP contribution in [0.25, 0.3) is 0 Å². The Morgan fingerprint density at radius 2 is 1.00 bits per heavy atom. The van der Waals surface area contributed by atoms with Crippen molar-refractivity contribution >= 4 is 0 Å². The second kappa shape index (κ2) is 4.52. The molecule has 0 aromatic rings. The second-order valence-corrected chi connectivity index (χ2v) is 1.23. The van der Waals surface area contributed by atoms with E-state index in [-0.39, 0.29) is 0 Å². The Morgan fingerprint density at radius 1 is 0.700 bits per heavy atom. The van der Waals surface area contributed by atoms with E-state index >= 15 is 0 Å². The van der Waals surface area contributed by atoms with Crippen molar-refractivity contribution < 1.29 is 35.0 Å². The molecule has 10 heavy (non-hydrogen) atoms. The van der Waals surface area contributed by atoms with Gasteiger partial charge in [0.1, 0.15) is 0 Å². The molecular formula is C3H8O7. The van der Waals surface area contributed by atoms with E-state index in [2.05, 4.69) is 9.47 Å². The minimum absolute atomic E-state index is 2.08. The summed E-state index contributed by atoms with van der Waals surface area (Å²) in [5.74, 6) is 0. The lowest BCUT2D eigenvalue weighted by molar-refractivity contribution is -0.416. The number of aliphatic hydroxyl groups excluding tert-OH is 3. The van der Waals surface area contributed by atoms with Crippen LogP contribution < -0.4 is 0 Å². The van der Waals surface area contributed by atoms with Gasteiger partial charge in [0.15, 0.2) is 0 Å². The minimum Gasteiger partial charge on any atom is -0.346 e. The molecule has 0 unspecified atom stereocenters. The van der Waals surface area contributed by atoms with Crippen LogP contribution in [0.3, 0.4) is 0 Å². The summed E-state index contributed by atoms with van der Waals surface area (Å²) >= 11 is 0. The van der Waals surface area contributed by atoms with Crippen molar-refractivity contribution in [1.29, 1.82) is 0 Å². The molecule has 0 amide bonds. The fourth-order valence-electron chi connectivity index (χ4n) is 0.240. The topological polar surface area (TPSA) is 120 Å². The van der Waals surface area contributed by atoms with Crippen LogP contribution in [0.4, 0.5) is 0 Å². The smallest absolute Gasteiger partial charge is 0.277 e. The fraction of sp³-hybridized carbons (Fsp3) is 1.00. The van der Waals surface area contributed by atoms with Gasteiger partial charge in [-0.3, -0.25) is 9.47 Å². The second-order valence-electron chi connectivity index (χ2n) is 1.23. The summed E-state index contributed by atoms with van der Waals surface area (Å²) in [6, 6.07) is 0. The molecule has 62 valence electrons. The summed E-state index contributed by atoms with van der Waals surface area (Å²) in [5.41, 5.74) is 0. The predicted molar refractivity (Wildman–Crippen MR) is 24.6 cm³/mol. The van der Waals surface area contributed by atoms with Gasteiger partial charge in [-0.15, -0.1) is 0 Å². The summed E-state index contributed by atoms with van der Waals surface area (Å²) < 4.78 is 7.37. The van der Waals surface area contributed by atoms with E-state index in [4.69, 9.17) is 25.5 Å². The maximum absolute atomic E-state index is 8.31. The first-order valence-electron chi connectivity index (χ1n) is 2.23. The highest BCUT2D eigenvalue weighted by molar-refractivity contribution is 4.14. The number of ether oxygens (including phenoxy) is 2. The van der Waals surface area contributed by atoms with Crippen LogP contribution in [0.15, 0.2) is 0 Å². The fourth-order valence-corrected chi connectivity index (χ4v) is 0.240. The molecule has 0 spiro atoms. The Labute approximate surface area is 55.7 Å². The molecule has 0 aliphatic carbocycles. The number of rotatable bonds is 4. The molecule has 0 aliphatic rings. The van der Waals surface area contributed by atoms with Gasteiger partial charge in [-0.05, 0) is 0 Å². The van der Waals surface area contributed by atoms with Crippen LogP contribution in [0.5, 0.6) is 0 Å². The van der Waals surface area contributed by atoms with Crippen molar-refractivity contribution in [3.8, 4) is 0 Å². The highest BCUT2D eigenvalue weighted by Crippen LogP contribution is 1.94. The standard InChI is InChI=1S/C3H8O7/c4-1(5)9-3(8)10-2(6)7/h1-8H. The molecule has 0 aromatic heterocycles. The third kappa shape index (κ3) is 5.85. The molecule has 0 rings (SSSR count). The molecule has 0 fully saturated rings. The van der Waals surface area contributed by atoms with E-state index < -0.39 is 19.4 Å². The van der Waals surface area contributed by atoms with Gasteiger partial charge in [0, 0.05) is 0 Å². The van der Waals surface area contributed by atoms with E-state index in [1.807, 2.05) is 0 Å². The predicted octanol–water partition coefficient (Wildman–Crippen LogP) is -3.17. The van der Waals surface area contributed by atoms with Gasteiger partial charge < -0.3 is 25.5 Å². The number of hydrogen-bond donors (Lipinski definition) is 5. The highest BCUT2D eigenvalue weighted by Gasteiger charge is 2.11. The van der Waals surface area contributed by atoms with E-state index in [0.29, 0.717) is 0 Å². The van der Waals surface area contributed by atoms with Gasteiger partial charge >= 0.3 is 0 Å². The Morgan fingerprint density at radius 3 is 1.20 bits per heavy atom. The molecule has 7 heteroatoms. The zero-order valence-electron chi connectivity index (χ0n) is 4.78. The van der Waals surface area contributed by atoms with Crippen LogP contribution in [0.2, 0.25) is 0 Å². The molecule has 0 saturated carbocycles. The normalized spacial score (nSPS) is 12.0. The minimum atomic E-state index is -2.23. The Kier molecular flexibility index (Phi) is 4.40. The van der Waals surface area contributed by atoms with E-state index in [1.54, 1.807) is 0 Å². The van der Waals surface area contributed by atoms with Crippen LogP contribution >= 0.6 is 0 Å². The first-order valence-corrected chi connectivity index (χ1v) is 2.23. The molecule has 0 radical (unpaired) electrons. The summed E-state index contributed by atoms with van der Waals surface area (Å²) in [7, 11) is 0. The van der Waals surface area contributed by atoms with Crippen molar-refractivity contribution in [2.75, 3.05) is 0 Å². The summed E-state index contributed by atoms with van der Waals surface area (Å²) in [4.78, 5) is 0. The molecule has 0 aliphatic heterocycles. The van der Waals surface area contributed by atoms with Gasteiger partial charge in [0.2, 0.25) is 0 Å². The summed E-state index contributed by atoms with van der Waals surface area (Å²) in [6.07, 6.45) is 0. The molecule has 5 N–H and O–H groups in total. The monoisotopic (exact) mass is 156 g/mol. The van der Waals surface area contributed by atoms with E-state index in [9.17, 15) is 0 Å². The van der Waals surface area contributed by atoms with Crippen molar-refractivity contribution in [3.63, 3.8) is 0 Å². The highest BCUT2D eigenvalue weighted by atomic mass is 16.9. The van der Waals surface area contributed by atoms with Gasteiger partial charge in [-0.1, -0.05) is 0 Å². The van der Waals surface area contributed by atoms with Crippen LogP contribution in [-0.2, 0) is 9.47 Å². The first-order chi connectivity index (χ1) is 4.52. The summed E-state index contributed by atoms with van der Waals surface area (Å²) in [5, 5.41) is 40.2. The van der Waals surface area contributed by atoms with Gasteiger partial charge in [-0.25, -0.2) is 0 Å². The molecule has 0 aromatic carbocycles. The van der Waals surface area contributed by atoms with Crippen LogP contribution in [0, 0.1) is 0 Å². The molecule has 7 nitrogen and oxygen atoms in total. The molecule has 0 heterocycles. The lowest BCUT2D eigenvalue weighted by Gasteiger charge is -2.13. The largest absolute Gasteiger partial charge is 0.346 e. The lowest BCUT2D eigenvalue weighted by atomic mass is 11.1. The zero-order chi connectivity index (χ0) is 8.15. The maximum Gasteiger partial charge on any atom is 0.277 e. The van der Waals surface area contributed by atoms with E-state index in [0.717, 1.165) is 0 Å². The Hall–Kier alpha value is -0.280. The average Bonchev–Trinajstić information content (AvgIpc) is 1.58. The van der Waals surface area contributed by atoms with Crippen molar-refractivity contribution in [1.82, 2.24) is 0 Å². The maximum atomic E-state index is 8.31. The van der Waals surface area contributed by atoms with Crippen LogP contribution in [0.1, 0.15) is 0 Å².